The third kappa shape index (κ3) is 5.52. The Morgan fingerprint density at radius 2 is 1.69 bits per heavy atom. The molecule has 6 nitrogen and oxygen atoms in total. The molecule has 39 heavy (non-hydrogen) atoms. The van der Waals surface area contributed by atoms with Crippen LogP contribution >= 0.6 is 0 Å². The van der Waals surface area contributed by atoms with Crippen LogP contribution in [0.4, 0.5) is 4.39 Å². The number of H-pyrrole nitrogens is 1. The van der Waals surface area contributed by atoms with E-state index in [0.29, 0.717) is 52.8 Å². The fourth-order valence-corrected chi connectivity index (χ4v) is 6.01. The number of ether oxygens (including phenoxy) is 1. The first kappa shape index (κ1) is 26.4. The van der Waals surface area contributed by atoms with E-state index in [1.165, 1.54) is 12.1 Å². The maximum Gasteiger partial charge on any atom is 0.352 e. The first-order chi connectivity index (χ1) is 18.6. The van der Waals surface area contributed by atoms with Crippen LogP contribution in [0.5, 0.6) is 5.75 Å². The van der Waals surface area contributed by atoms with Gasteiger partial charge in [0.15, 0.2) is 9.84 Å². The highest BCUT2D eigenvalue weighted by molar-refractivity contribution is 7.89. The van der Waals surface area contributed by atoms with Crippen molar-refractivity contribution in [2.75, 3.05) is 12.9 Å². The highest BCUT2D eigenvalue weighted by Gasteiger charge is 2.21. The van der Waals surface area contributed by atoms with E-state index in [9.17, 15) is 22.7 Å². The number of benzene rings is 4. The van der Waals surface area contributed by atoms with Crippen molar-refractivity contribution < 1.29 is 27.4 Å². The summed E-state index contributed by atoms with van der Waals surface area (Å²) in [6, 6.07) is 21.9. The Bertz CT molecular complexity index is 1820. The molecule has 0 atom stereocenters. The van der Waals surface area contributed by atoms with Gasteiger partial charge in [0.1, 0.15) is 17.3 Å². The summed E-state index contributed by atoms with van der Waals surface area (Å²) in [5, 5.41) is 12.8. The van der Waals surface area contributed by atoms with E-state index in [2.05, 4.69) is 4.98 Å². The van der Waals surface area contributed by atoms with Gasteiger partial charge in [-0.15, -0.1) is 0 Å². The molecule has 5 aromatic rings. The highest BCUT2D eigenvalue weighted by Crippen LogP contribution is 2.36. The van der Waals surface area contributed by atoms with Crippen molar-refractivity contribution in [1.29, 1.82) is 0 Å². The van der Waals surface area contributed by atoms with Crippen LogP contribution in [0.1, 0.15) is 33.6 Å². The van der Waals surface area contributed by atoms with Gasteiger partial charge in [-0.2, -0.15) is 0 Å². The molecule has 5 rings (SSSR count). The van der Waals surface area contributed by atoms with Crippen LogP contribution < -0.4 is 4.74 Å². The summed E-state index contributed by atoms with van der Waals surface area (Å²) < 4.78 is 44.5. The number of fused-ring (bicyclic) bond motifs is 2. The average Bonchev–Trinajstić information content (AvgIpc) is 3.27. The number of aromatic carboxylic acids is 1. The van der Waals surface area contributed by atoms with E-state index in [-0.39, 0.29) is 11.4 Å². The van der Waals surface area contributed by atoms with E-state index < -0.39 is 21.6 Å². The fraction of sp³-hybridized carbons (Fsp3) is 0.194. The molecule has 1 aromatic heterocycles. The number of carboxylic acids is 1. The van der Waals surface area contributed by atoms with Crippen molar-refractivity contribution in [2.45, 2.75) is 25.5 Å². The van der Waals surface area contributed by atoms with Crippen molar-refractivity contribution in [3.63, 3.8) is 0 Å². The summed E-state index contributed by atoms with van der Waals surface area (Å²) in [6.07, 6.45) is 2.15. The molecule has 0 unspecified atom stereocenters. The molecule has 0 saturated heterocycles. The predicted molar refractivity (Wildman–Crippen MR) is 152 cm³/mol. The van der Waals surface area contributed by atoms with Gasteiger partial charge in [0, 0.05) is 22.6 Å². The third-order valence-corrected chi connectivity index (χ3v) is 7.76. The van der Waals surface area contributed by atoms with Gasteiger partial charge in [-0.05, 0) is 65.6 Å². The Labute approximate surface area is 226 Å². The fourth-order valence-electron chi connectivity index (χ4n) is 5.14. The van der Waals surface area contributed by atoms with Crippen LogP contribution in [0.3, 0.4) is 0 Å². The zero-order chi connectivity index (χ0) is 27.7. The van der Waals surface area contributed by atoms with Gasteiger partial charge in [0.2, 0.25) is 0 Å². The number of para-hydroxylation sites is 1. The maximum absolute atomic E-state index is 14.6. The summed E-state index contributed by atoms with van der Waals surface area (Å²) in [5.74, 6) is -1.15. The molecule has 0 radical (unpaired) electrons. The number of aromatic nitrogens is 1. The van der Waals surface area contributed by atoms with Crippen LogP contribution in [0.2, 0.25) is 0 Å². The average molecular weight is 546 g/mol. The van der Waals surface area contributed by atoms with Crippen LogP contribution in [-0.2, 0) is 22.0 Å². The molecule has 0 aliphatic heterocycles. The van der Waals surface area contributed by atoms with Crippen molar-refractivity contribution in [3.8, 4) is 16.9 Å². The minimum atomic E-state index is -3.38. The summed E-state index contributed by atoms with van der Waals surface area (Å²) in [5.41, 5.74) is 3.42. The Balaban J connectivity index is 1.47. The van der Waals surface area contributed by atoms with Gasteiger partial charge in [-0.3, -0.25) is 0 Å². The standard InChI is InChI=1S/C31H28FNO5S/c1-19-21(18-39(2,36)37)16-22(32)17-27(19)26-12-6-11-24-25(30(31(34)35)33-29(24)26)13-7-15-38-28-14-5-9-20-8-3-4-10-23(20)28/h3-6,8-12,14,16-17,33H,7,13,15,18H2,1-2H3,(H,34,35). The van der Waals surface area contributed by atoms with Crippen molar-refractivity contribution in [2.24, 2.45) is 0 Å². The minimum absolute atomic E-state index is 0.0769. The number of hydrogen-bond acceptors (Lipinski definition) is 4. The lowest BCUT2D eigenvalue weighted by Gasteiger charge is -2.13. The van der Waals surface area contributed by atoms with Crippen LogP contribution in [0, 0.1) is 12.7 Å². The van der Waals surface area contributed by atoms with Gasteiger partial charge in [0.25, 0.3) is 0 Å². The van der Waals surface area contributed by atoms with Crippen LogP contribution in [0.25, 0.3) is 32.8 Å². The summed E-state index contributed by atoms with van der Waals surface area (Å²) in [6.45, 7) is 2.15. The monoisotopic (exact) mass is 545 g/mol. The highest BCUT2D eigenvalue weighted by atomic mass is 32.2. The summed E-state index contributed by atoms with van der Waals surface area (Å²) in [7, 11) is -3.38. The first-order valence-corrected chi connectivity index (χ1v) is 14.6. The number of sulfone groups is 1. The van der Waals surface area contributed by atoms with Gasteiger partial charge in [-0.25, -0.2) is 17.6 Å². The van der Waals surface area contributed by atoms with E-state index >= 15 is 0 Å². The molecule has 0 aliphatic rings. The number of nitrogens with one attached hydrogen (secondary N) is 1. The Morgan fingerprint density at radius 3 is 2.46 bits per heavy atom. The second kappa shape index (κ2) is 10.5. The molecular weight excluding hydrogens is 517 g/mol. The topological polar surface area (TPSA) is 96.5 Å². The van der Waals surface area contributed by atoms with Gasteiger partial charge < -0.3 is 14.8 Å². The lowest BCUT2D eigenvalue weighted by Crippen LogP contribution is -2.04. The Morgan fingerprint density at radius 1 is 0.974 bits per heavy atom. The van der Waals surface area contributed by atoms with Crippen LogP contribution in [0.15, 0.2) is 72.8 Å². The molecule has 4 aromatic carbocycles. The zero-order valence-corrected chi connectivity index (χ0v) is 22.4. The number of hydrogen-bond donors (Lipinski definition) is 2. The molecule has 0 spiro atoms. The molecule has 200 valence electrons. The van der Waals surface area contributed by atoms with Crippen LogP contribution in [-0.4, -0.2) is 37.3 Å². The molecule has 0 bridgehead atoms. The van der Waals surface area contributed by atoms with Gasteiger partial charge >= 0.3 is 5.97 Å². The number of aryl methyl sites for hydroxylation is 1. The predicted octanol–water partition coefficient (Wildman–Crippen LogP) is 6.69. The number of halogens is 1. The van der Waals surface area contributed by atoms with Crippen molar-refractivity contribution in [1.82, 2.24) is 4.98 Å². The summed E-state index contributed by atoms with van der Waals surface area (Å²) in [4.78, 5) is 15.2. The van der Waals surface area contributed by atoms with Crippen molar-refractivity contribution >= 4 is 37.5 Å². The Kier molecular flexibility index (Phi) is 7.14. The lowest BCUT2D eigenvalue weighted by atomic mass is 9.94. The zero-order valence-electron chi connectivity index (χ0n) is 21.6. The molecule has 2 N–H and O–H groups in total. The van der Waals surface area contributed by atoms with E-state index in [1.807, 2.05) is 48.5 Å². The largest absolute Gasteiger partial charge is 0.493 e. The second-order valence-corrected chi connectivity index (χ2v) is 11.9. The SMILES string of the molecule is Cc1c(CS(C)(=O)=O)cc(F)cc1-c1cccc2c(CCCOc3cccc4ccccc34)c(C(=O)O)[nH]c12. The molecule has 0 amide bonds. The van der Waals surface area contributed by atoms with Crippen molar-refractivity contribution in [3.05, 3.63) is 101 Å². The number of aromatic amines is 1. The number of carboxylic acid groups (broad SMARTS) is 1. The quantitative estimate of drug-likeness (QED) is 0.201. The normalized spacial score (nSPS) is 11.8. The van der Waals surface area contributed by atoms with Gasteiger partial charge in [-0.1, -0.05) is 54.6 Å². The number of rotatable bonds is 9. The molecule has 0 fully saturated rings. The van der Waals surface area contributed by atoms with E-state index in [4.69, 9.17) is 4.74 Å². The lowest BCUT2D eigenvalue weighted by molar-refractivity contribution is 0.0690. The van der Waals surface area contributed by atoms with Gasteiger partial charge in [0.05, 0.1) is 17.9 Å². The molecule has 1 heterocycles. The Hall–Kier alpha value is -4.17. The molecule has 8 heteroatoms. The second-order valence-electron chi connectivity index (χ2n) is 9.75. The maximum atomic E-state index is 14.6. The molecule has 0 saturated carbocycles. The molecular formula is C31H28FNO5S. The van der Waals surface area contributed by atoms with E-state index in [0.717, 1.165) is 28.2 Å². The first-order valence-electron chi connectivity index (χ1n) is 12.6. The number of carbonyl (C=O) groups is 1. The van der Waals surface area contributed by atoms with E-state index in [1.54, 1.807) is 19.1 Å². The minimum Gasteiger partial charge on any atom is -0.493 e. The summed E-state index contributed by atoms with van der Waals surface area (Å²) >= 11 is 0. The third-order valence-electron chi connectivity index (χ3n) is 6.92. The molecule has 0 aliphatic carbocycles. The smallest absolute Gasteiger partial charge is 0.352 e.